The van der Waals surface area contributed by atoms with Gasteiger partial charge in [-0.15, -0.1) is 0 Å². The first-order valence-corrected chi connectivity index (χ1v) is 6.92. The summed E-state index contributed by atoms with van der Waals surface area (Å²) in [5.74, 6) is -0.205. The Morgan fingerprint density at radius 1 is 1.30 bits per heavy atom. The highest BCUT2D eigenvalue weighted by Gasteiger charge is 2.16. The number of aromatic hydroxyl groups is 1. The molecule has 0 amide bonds. The fourth-order valence-corrected chi connectivity index (χ4v) is 2.37. The molecule has 0 bridgehead atoms. The van der Waals surface area contributed by atoms with Crippen LogP contribution in [0, 0.1) is 0 Å². The van der Waals surface area contributed by atoms with Gasteiger partial charge in [-0.3, -0.25) is 9.69 Å². The van der Waals surface area contributed by atoms with Crippen LogP contribution in [0.4, 0.5) is 0 Å². The Hall–Kier alpha value is -1.37. The van der Waals surface area contributed by atoms with Gasteiger partial charge in [-0.25, -0.2) is 0 Å². The second-order valence-corrected chi connectivity index (χ2v) is 5.28. The first kappa shape index (κ1) is 15.0. The highest BCUT2D eigenvalue weighted by molar-refractivity contribution is 5.20. The second kappa shape index (κ2) is 6.88. The molecule has 1 aliphatic heterocycles. The van der Waals surface area contributed by atoms with Crippen LogP contribution in [0.1, 0.15) is 5.69 Å². The Morgan fingerprint density at radius 2 is 2.00 bits per heavy atom. The lowest BCUT2D eigenvalue weighted by Crippen LogP contribution is -2.44. The van der Waals surface area contributed by atoms with Crippen LogP contribution in [0.25, 0.3) is 0 Å². The monoisotopic (exact) mass is 281 g/mol. The summed E-state index contributed by atoms with van der Waals surface area (Å²) in [5.41, 5.74) is 0.609. The van der Waals surface area contributed by atoms with Crippen molar-refractivity contribution in [2.75, 3.05) is 46.9 Å². The predicted octanol–water partition coefficient (Wildman–Crippen LogP) is -0.0523. The van der Waals surface area contributed by atoms with Crippen molar-refractivity contribution in [1.29, 1.82) is 0 Å². The molecule has 0 atom stereocenters. The largest absolute Gasteiger partial charge is 0.503 e. The molecule has 112 valence electrons. The van der Waals surface area contributed by atoms with Crippen LogP contribution in [-0.4, -0.2) is 66.4 Å². The molecule has 6 heteroatoms. The van der Waals surface area contributed by atoms with Gasteiger partial charge < -0.3 is 19.3 Å². The summed E-state index contributed by atoms with van der Waals surface area (Å²) in [7, 11) is 3.76. The Bertz CT molecular complexity index is 493. The first-order valence-electron chi connectivity index (χ1n) is 6.92. The van der Waals surface area contributed by atoms with Gasteiger partial charge in [-0.2, -0.15) is 0 Å². The van der Waals surface area contributed by atoms with E-state index < -0.39 is 0 Å². The number of hydrogen-bond acceptors (Lipinski definition) is 5. The maximum atomic E-state index is 11.6. The zero-order valence-electron chi connectivity index (χ0n) is 12.2. The van der Waals surface area contributed by atoms with Crippen molar-refractivity contribution in [1.82, 2.24) is 14.4 Å². The van der Waals surface area contributed by atoms with E-state index in [9.17, 15) is 9.90 Å². The highest BCUT2D eigenvalue weighted by Crippen LogP contribution is 2.10. The molecular formula is C14H23N3O3. The van der Waals surface area contributed by atoms with E-state index >= 15 is 0 Å². The Balaban J connectivity index is 2.12. The molecule has 20 heavy (non-hydrogen) atoms. The summed E-state index contributed by atoms with van der Waals surface area (Å²) in [4.78, 5) is 16.3. The van der Waals surface area contributed by atoms with Crippen LogP contribution >= 0.6 is 0 Å². The Kier molecular flexibility index (Phi) is 5.17. The quantitative estimate of drug-likeness (QED) is 0.820. The third-order valence-corrected chi connectivity index (χ3v) is 3.72. The summed E-state index contributed by atoms with van der Waals surface area (Å²) in [6.45, 7) is 5.99. The predicted molar refractivity (Wildman–Crippen MR) is 77.0 cm³/mol. The van der Waals surface area contributed by atoms with Crippen molar-refractivity contribution in [2.45, 2.75) is 13.1 Å². The Labute approximate surface area is 119 Å². The van der Waals surface area contributed by atoms with Gasteiger partial charge in [-0.1, -0.05) is 0 Å². The fraction of sp³-hybridized carbons (Fsp3) is 0.643. The van der Waals surface area contributed by atoms with Crippen molar-refractivity contribution in [3.63, 3.8) is 0 Å². The third-order valence-electron chi connectivity index (χ3n) is 3.72. The SMILES string of the molecule is COCCn1cc(O)c(=O)cc1CN1CCN(C)CC1. The van der Waals surface area contributed by atoms with E-state index in [-0.39, 0.29) is 11.2 Å². The number of piperazine rings is 1. The lowest BCUT2D eigenvalue weighted by atomic mass is 10.2. The minimum absolute atomic E-state index is 0.205. The number of rotatable bonds is 5. The van der Waals surface area contributed by atoms with Crippen molar-refractivity contribution >= 4 is 0 Å². The van der Waals surface area contributed by atoms with Gasteiger partial charge in [0.1, 0.15) is 0 Å². The average Bonchev–Trinajstić information content (AvgIpc) is 2.43. The molecule has 2 heterocycles. The topological polar surface area (TPSA) is 57.9 Å². The first-order chi connectivity index (χ1) is 9.60. The van der Waals surface area contributed by atoms with E-state index in [0.717, 1.165) is 38.4 Å². The highest BCUT2D eigenvalue weighted by atomic mass is 16.5. The number of likely N-dealkylation sites (N-methyl/N-ethyl adjacent to an activating group) is 1. The number of methoxy groups -OCH3 is 1. The van der Waals surface area contributed by atoms with Crippen LogP contribution in [0.15, 0.2) is 17.1 Å². The lowest BCUT2D eigenvalue weighted by molar-refractivity contribution is 0.143. The van der Waals surface area contributed by atoms with Crippen LogP contribution in [0.5, 0.6) is 5.75 Å². The molecule has 1 aliphatic rings. The second-order valence-electron chi connectivity index (χ2n) is 5.28. The number of ether oxygens (including phenoxy) is 1. The summed E-state index contributed by atoms with van der Waals surface area (Å²) >= 11 is 0. The van der Waals surface area contributed by atoms with Gasteiger partial charge in [0.2, 0.25) is 5.43 Å². The molecule has 0 aromatic carbocycles. The van der Waals surface area contributed by atoms with Gasteiger partial charge in [-0.05, 0) is 7.05 Å². The van der Waals surface area contributed by atoms with Crippen LogP contribution in [0.3, 0.4) is 0 Å². The van der Waals surface area contributed by atoms with Crippen molar-refractivity contribution in [2.24, 2.45) is 0 Å². The minimum atomic E-state index is -0.317. The van der Waals surface area contributed by atoms with Crippen molar-refractivity contribution < 1.29 is 9.84 Å². The van der Waals surface area contributed by atoms with Crippen molar-refractivity contribution in [3.05, 3.63) is 28.2 Å². The number of pyridine rings is 1. The molecule has 0 radical (unpaired) electrons. The average molecular weight is 281 g/mol. The van der Waals surface area contributed by atoms with Crippen LogP contribution < -0.4 is 5.43 Å². The maximum absolute atomic E-state index is 11.6. The molecular weight excluding hydrogens is 258 g/mol. The smallest absolute Gasteiger partial charge is 0.223 e. The molecule has 0 spiro atoms. The molecule has 0 saturated carbocycles. The van der Waals surface area contributed by atoms with Gasteiger partial charge in [0, 0.05) is 58.1 Å². The fourth-order valence-electron chi connectivity index (χ4n) is 2.37. The molecule has 6 nitrogen and oxygen atoms in total. The number of aromatic nitrogens is 1. The number of hydrogen-bond donors (Lipinski definition) is 1. The molecule has 1 aromatic heterocycles. The lowest BCUT2D eigenvalue weighted by Gasteiger charge is -2.32. The van der Waals surface area contributed by atoms with Crippen LogP contribution in [-0.2, 0) is 17.8 Å². The molecule has 2 rings (SSSR count). The van der Waals surface area contributed by atoms with Gasteiger partial charge in [0.05, 0.1) is 12.8 Å². The van der Waals surface area contributed by atoms with Gasteiger partial charge in [0.15, 0.2) is 5.75 Å². The molecule has 0 aliphatic carbocycles. The minimum Gasteiger partial charge on any atom is -0.503 e. The summed E-state index contributed by atoms with van der Waals surface area (Å²) in [6, 6.07) is 1.53. The molecule has 1 aromatic rings. The van der Waals surface area contributed by atoms with E-state index in [4.69, 9.17) is 4.74 Å². The van der Waals surface area contributed by atoms with E-state index in [1.54, 1.807) is 7.11 Å². The standard InChI is InChI=1S/C14H23N3O3/c1-15-3-5-16(6-4-15)10-12-9-13(18)14(19)11-17(12)7-8-20-2/h9,11,19H,3-8,10H2,1-2H3. The molecule has 1 saturated heterocycles. The normalized spacial score (nSPS) is 17.5. The Morgan fingerprint density at radius 3 is 2.65 bits per heavy atom. The molecule has 0 unspecified atom stereocenters. The number of nitrogens with zero attached hydrogens (tertiary/aromatic N) is 3. The zero-order chi connectivity index (χ0) is 14.5. The van der Waals surface area contributed by atoms with E-state index in [2.05, 4.69) is 16.8 Å². The van der Waals surface area contributed by atoms with E-state index in [1.807, 2.05) is 4.57 Å². The van der Waals surface area contributed by atoms with Gasteiger partial charge >= 0.3 is 0 Å². The molecule has 1 N–H and O–H groups in total. The summed E-state index contributed by atoms with van der Waals surface area (Å²) < 4.78 is 6.98. The third kappa shape index (κ3) is 3.82. The maximum Gasteiger partial charge on any atom is 0.223 e. The summed E-state index contributed by atoms with van der Waals surface area (Å²) in [5, 5.41) is 9.57. The summed E-state index contributed by atoms with van der Waals surface area (Å²) in [6.07, 6.45) is 1.51. The zero-order valence-corrected chi connectivity index (χ0v) is 12.2. The van der Waals surface area contributed by atoms with Crippen LogP contribution in [0.2, 0.25) is 0 Å². The van der Waals surface area contributed by atoms with Gasteiger partial charge in [0.25, 0.3) is 0 Å². The van der Waals surface area contributed by atoms with E-state index in [0.29, 0.717) is 13.2 Å². The van der Waals surface area contributed by atoms with E-state index in [1.165, 1.54) is 12.3 Å². The molecule has 1 fully saturated rings. The van der Waals surface area contributed by atoms with Crippen molar-refractivity contribution in [3.8, 4) is 5.75 Å².